The largest absolute Gasteiger partial charge is 0.293 e. The van der Waals surface area contributed by atoms with Crippen LogP contribution in [-0.2, 0) is 0 Å². The van der Waals surface area contributed by atoms with Gasteiger partial charge in [0.2, 0.25) is 5.95 Å². The van der Waals surface area contributed by atoms with Crippen LogP contribution in [0.15, 0.2) is 16.7 Å². The second-order valence-electron chi connectivity index (χ2n) is 2.05. The number of carbonyl (C=O) groups is 1. The van der Waals surface area contributed by atoms with Crippen molar-refractivity contribution in [1.29, 1.82) is 0 Å². The van der Waals surface area contributed by atoms with E-state index in [4.69, 9.17) is 11.6 Å². The van der Waals surface area contributed by atoms with E-state index in [1.807, 2.05) is 0 Å². The minimum Gasteiger partial charge on any atom is -0.293 e. The summed E-state index contributed by atoms with van der Waals surface area (Å²) in [5.74, 6) is -1.50. The van der Waals surface area contributed by atoms with Gasteiger partial charge in [-0.1, -0.05) is 0 Å². The number of hydrogen-bond donors (Lipinski definition) is 0. The highest BCUT2D eigenvalue weighted by atomic mass is 79.9. The van der Waals surface area contributed by atoms with Crippen molar-refractivity contribution in [2.75, 3.05) is 5.88 Å². The van der Waals surface area contributed by atoms with Crippen molar-refractivity contribution in [3.63, 3.8) is 0 Å². The number of halogens is 3. The van der Waals surface area contributed by atoms with Crippen LogP contribution in [0.25, 0.3) is 0 Å². The van der Waals surface area contributed by atoms with Crippen LogP contribution >= 0.6 is 27.5 Å². The molecule has 0 unspecified atom stereocenters. The molecule has 0 bridgehead atoms. The Balaban J connectivity index is 3.13. The second-order valence-corrected chi connectivity index (χ2v) is 3.23. The molecule has 0 atom stereocenters. The summed E-state index contributed by atoms with van der Waals surface area (Å²) in [6.45, 7) is 0. The summed E-state index contributed by atoms with van der Waals surface area (Å²) in [7, 11) is 0. The fourth-order valence-electron chi connectivity index (χ4n) is 0.690. The fraction of sp³-hybridized carbons (Fsp3) is 0.143. The van der Waals surface area contributed by atoms with Crippen LogP contribution < -0.4 is 0 Å². The highest BCUT2D eigenvalue weighted by molar-refractivity contribution is 9.10. The molecule has 1 aromatic rings. The molecule has 2 nitrogen and oxygen atoms in total. The zero-order chi connectivity index (χ0) is 9.14. The van der Waals surface area contributed by atoms with Crippen LogP contribution in [0.5, 0.6) is 0 Å². The molecule has 12 heavy (non-hydrogen) atoms. The van der Waals surface area contributed by atoms with Gasteiger partial charge in [0.15, 0.2) is 5.78 Å². The van der Waals surface area contributed by atoms with Crippen LogP contribution in [0.2, 0.25) is 0 Å². The third-order valence-corrected chi connectivity index (χ3v) is 1.90. The number of nitrogens with zero attached hydrogens (tertiary/aromatic N) is 1. The van der Waals surface area contributed by atoms with Gasteiger partial charge in [-0.2, -0.15) is 4.39 Å². The maximum atomic E-state index is 12.8. The first-order valence-electron chi connectivity index (χ1n) is 3.05. The SMILES string of the molecule is O=C(CCl)c1cc(Br)cnc1F. The summed E-state index contributed by atoms with van der Waals surface area (Å²) < 4.78 is 13.3. The molecular formula is C7H4BrClFNO. The van der Waals surface area contributed by atoms with Crippen molar-refractivity contribution >= 4 is 33.3 Å². The quantitative estimate of drug-likeness (QED) is 0.460. The van der Waals surface area contributed by atoms with Crippen molar-refractivity contribution in [2.24, 2.45) is 0 Å². The molecule has 0 fully saturated rings. The van der Waals surface area contributed by atoms with E-state index in [-0.39, 0.29) is 11.4 Å². The lowest BCUT2D eigenvalue weighted by Gasteiger charge is -1.98. The van der Waals surface area contributed by atoms with Crippen molar-refractivity contribution in [3.8, 4) is 0 Å². The Labute approximate surface area is 81.9 Å². The maximum absolute atomic E-state index is 12.8. The number of alkyl halides is 1. The molecule has 5 heteroatoms. The Morgan fingerprint density at radius 3 is 3.00 bits per heavy atom. The molecule has 1 rings (SSSR count). The van der Waals surface area contributed by atoms with Gasteiger partial charge >= 0.3 is 0 Å². The molecule has 0 saturated heterocycles. The van der Waals surface area contributed by atoms with Gasteiger partial charge in [0, 0.05) is 10.7 Å². The van der Waals surface area contributed by atoms with Crippen LogP contribution in [0.3, 0.4) is 0 Å². The third-order valence-electron chi connectivity index (χ3n) is 1.23. The van der Waals surface area contributed by atoms with Crippen molar-refractivity contribution in [2.45, 2.75) is 0 Å². The van der Waals surface area contributed by atoms with E-state index in [2.05, 4.69) is 20.9 Å². The molecule has 0 aromatic carbocycles. The molecule has 0 aliphatic rings. The lowest BCUT2D eigenvalue weighted by Crippen LogP contribution is -2.05. The van der Waals surface area contributed by atoms with Crippen LogP contribution in [-0.4, -0.2) is 16.6 Å². The first-order valence-corrected chi connectivity index (χ1v) is 4.38. The number of hydrogen-bond acceptors (Lipinski definition) is 2. The van der Waals surface area contributed by atoms with E-state index >= 15 is 0 Å². The molecule has 0 N–H and O–H groups in total. The first-order chi connectivity index (χ1) is 5.65. The molecule has 0 saturated carbocycles. The van der Waals surface area contributed by atoms with Gasteiger partial charge in [-0.15, -0.1) is 11.6 Å². The average molecular weight is 252 g/mol. The minimum absolute atomic E-state index is 0.0839. The molecule has 0 radical (unpaired) electrons. The Morgan fingerprint density at radius 2 is 2.42 bits per heavy atom. The lowest BCUT2D eigenvalue weighted by atomic mass is 10.2. The summed E-state index contributed by atoms with van der Waals surface area (Å²) in [5.41, 5.74) is -0.0839. The molecule has 0 spiro atoms. The van der Waals surface area contributed by atoms with Crippen LogP contribution in [0, 0.1) is 5.95 Å². The normalized spacial score (nSPS) is 9.92. The van der Waals surface area contributed by atoms with Crippen molar-refractivity contribution in [3.05, 3.63) is 28.2 Å². The smallest absolute Gasteiger partial charge is 0.223 e. The topological polar surface area (TPSA) is 30.0 Å². The highest BCUT2D eigenvalue weighted by Crippen LogP contribution is 2.13. The first kappa shape index (κ1) is 9.61. The van der Waals surface area contributed by atoms with E-state index < -0.39 is 11.7 Å². The van der Waals surface area contributed by atoms with Crippen LogP contribution in [0.4, 0.5) is 4.39 Å². The number of pyridine rings is 1. The Kier molecular flexibility index (Phi) is 3.17. The standard InChI is InChI=1S/C7H4BrClFNO/c8-4-1-5(6(12)2-9)7(10)11-3-4/h1,3H,2H2. The predicted molar refractivity (Wildman–Crippen MR) is 46.9 cm³/mol. The molecule has 0 amide bonds. The van der Waals surface area contributed by atoms with E-state index in [0.29, 0.717) is 4.47 Å². The van der Waals surface area contributed by atoms with Crippen molar-refractivity contribution in [1.82, 2.24) is 4.98 Å². The molecule has 1 aromatic heterocycles. The number of aromatic nitrogens is 1. The highest BCUT2D eigenvalue weighted by Gasteiger charge is 2.11. The Hall–Kier alpha value is -0.480. The van der Waals surface area contributed by atoms with E-state index in [9.17, 15) is 9.18 Å². The third kappa shape index (κ3) is 2.01. The molecule has 1 heterocycles. The fourth-order valence-corrected chi connectivity index (χ4v) is 1.17. The molecule has 64 valence electrons. The Bertz CT molecular complexity index is 318. The van der Waals surface area contributed by atoms with Gasteiger partial charge in [0.05, 0.1) is 11.4 Å². The molecule has 0 aliphatic carbocycles. The van der Waals surface area contributed by atoms with Gasteiger partial charge in [0.1, 0.15) is 0 Å². The van der Waals surface area contributed by atoms with Crippen molar-refractivity contribution < 1.29 is 9.18 Å². The molecular weight excluding hydrogens is 248 g/mol. The minimum atomic E-state index is -0.788. The number of Topliss-reactive ketones (excluding diaryl/α,β-unsaturated/α-hetero) is 1. The summed E-state index contributed by atoms with van der Waals surface area (Å²) in [5, 5.41) is 0. The molecule has 0 aliphatic heterocycles. The van der Waals surface area contributed by atoms with Crippen LogP contribution in [0.1, 0.15) is 10.4 Å². The lowest BCUT2D eigenvalue weighted by molar-refractivity contribution is 0.101. The van der Waals surface area contributed by atoms with E-state index in [1.54, 1.807) is 0 Å². The Morgan fingerprint density at radius 1 is 1.75 bits per heavy atom. The van der Waals surface area contributed by atoms with E-state index in [0.717, 1.165) is 0 Å². The zero-order valence-corrected chi connectivity index (χ0v) is 8.19. The monoisotopic (exact) mass is 251 g/mol. The summed E-state index contributed by atoms with van der Waals surface area (Å²) in [6, 6.07) is 1.35. The van der Waals surface area contributed by atoms with Gasteiger partial charge in [0.25, 0.3) is 0 Å². The predicted octanol–water partition coefficient (Wildman–Crippen LogP) is 2.40. The zero-order valence-electron chi connectivity index (χ0n) is 5.85. The average Bonchev–Trinajstić information content (AvgIpc) is 2.08. The van der Waals surface area contributed by atoms with E-state index in [1.165, 1.54) is 12.3 Å². The summed E-state index contributed by atoms with van der Waals surface area (Å²) >= 11 is 8.32. The summed E-state index contributed by atoms with van der Waals surface area (Å²) in [6.07, 6.45) is 1.28. The van der Waals surface area contributed by atoms with Gasteiger partial charge in [-0.05, 0) is 22.0 Å². The second kappa shape index (κ2) is 3.96. The number of carbonyl (C=O) groups excluding carboxylic acids is 1. The van der Waals surface area contributed by atoms with Gasteiger partial charge < -0.3 is 0 Å². The summed E-state index contributed by atoms with van der Waals surface area (Å²) in [4.78, 5) is 14.3. The number of rotatable bonds is 2. The van der Waals surface area contributed by atoms with Gasteiger partial charge in [-0.3, -0.25) is 4.79 Å². The maximum Gasteiger partial charge on any atom is 0.223 e. The van der Waals surface area contributed by atoms with Gasteiger partial charge in [-0.25, -0.2) is 4.98 Å². The number of ketones is 1.